The Labute approximate surface area is 146 Å². The fraction of sp³-hybridized carbons (Fsp3) is 0.263. The SMILES string of the molecule is COC(=O)COc1ccc(NC(=O)C(C)C(N)c2ccccc2)cc1. The highest BCUT2D eigenvalue weighted by Crippen LogP contribution is 2.22. The molecule has 2 aromatic rings. The topological polar surface area (TPSA) is 90.6 Å². The van der Waals surface area contributed by atoms with E-state index in [1.54, 1.807) is 31.2 Å². The van der Waals surface area contributed by atoms with E-state index in [2.05, 4.69) is 10.1 Å². The number of anilines is 1. The number of esters is 1. The number of nitrogens with two attached hydrogens (primary N) is 1. The number of ether oxygens (including phenoxy) is 2. The minimum atomic E-state index is -0.457. The lowest BCUT2D eigenvalue weighted by atomic mass is 9.94. The predicted molar refractivity (Wildman–Crippen MR) is 95.1 cm³/mol. The van der Waals surface area contributed by atoms with Gasteiger partial charge in [0.05, 0.1) is 13.0 Å². The largest absolute Gasteiger partial charge is 0.482 e. The molecule has 6 heteroatoms. The summed E-state index contributed by atoms with van der Waals surface area (Å²) in [6.07, 6.45) is 0. The first-order valence-electron chi connectivity index (χ1n) is 7.92. The lowest BCUT2D eigenvalue weighted by molar-refractivity contribution is -0.142. The summed E-state index contributed by atoms with van der Waals surface area (Å²) in [5, 5.41) is 2.83. The molecule has 6 nitrogen and oxygen atoms in total. The van der Waals surface area contributed by atoms with Crippen LogP contribution in [0.15, 0.2) is 54.6 Å². The average Bonchev–Trinajstić information content (AvgIpc) is 2.66. The van der Waals surface area contributed by atoms with Gasteiger partial charge in [-0.05, 0) is 29.8 Å². The second-order valence-electron chi connectivity index (χ2n) is 5.60. The van der Waals surface area contributed by atoms with E-state index in [1.807, 2.05) is 30.3 Å². The van der Waals surface area contributed by atoms with Crippen molar-refractivity contribution in [3.05, 3.63) is 60.2 Å². The van der Waals surface area contributed by atoms with Crippen LogP contribution in [0.2, 0.25) is 0 Å². The molecule has 2 unspecified atom stereocenters. The third-order valence-corrected chi connectivity index (χ3v) is 3.84. The molecule has 0 aliphatic rings. The zero-order valence-corrected chi connectivity index (χ0v) is 14.3. The number of methoxy groups -OCH3 is 1. The summed E-state index contributed by atoms with van der Waals surface area (Å²) in [7, 11) is 1.30. The van der Waals surface area contributed by atoms with Crippen LogP contribution in [-0.4, -0.2) is 25.6 Å². The van der Waals surface area contributed by atoms with Crippen molar-refractivity contribution in [3.63, 3.8) is 0 Å². The van der Waals surface area contributed by atoms with E-state index in [1.165, 1.54) is 7.11 Å². The molecule has 1 amide bonds. The molecule has 25 heavy (non-hydrogen) atoms. The smallest absolute Gasteiger partial charge is 0.343 e. The Kier molecular flexibility index (Phi) is 6.54. The summed E-state index contributed by atoms with van der Waals surface area (Å²) in [6.45, 7) is 1.63. The van der Waals surface area contributed by atoms with Crippen LogP contribution in [0.5, 0.6) is 5.75 Å². The quantitative estimate of drug-likeness (QED) is 0.755. The van der Waals surface area contributed by atoms with Crippen LogP contribution < -0.4 is 15.8 Å². The number of hydrogen-bond acceptors (Lipinski definition) is 5. The predicted octanol–water partition coefficient (Wildman–Crippen LogP) is 2.51. The van der Waals surface area contributed by atoms with Gasteiger partial charge in [0, 0.05) is 11.7 Å². The molecule has 0 aliphatic heterocycles. The summed E-state index contributed by atoms with van der Waals surface area (Å²) in [5.41, 5.74) is 7.71. The fourth-order valence-corrected chi connectivity index (χ4v) is 2.22. The Morgan fingerprint density at radius 3 is 2.32 bits per heavy atom. The van der Waals surface area contributed by atoms with Gasteiger partial charge in [0.1, 0.15) is 5.75 Å². The molecule has 2 atom stereocenters. The number of amides is 1. The first-order valence-corrected chi connectivity index (χ1v) is 7.92. The highest BCUT2D eigenvalue weighted by atomic mass is 16.6. The standard InChI is InChI=1S/C19H22N2O4/c1-13(18(20)14-6-4-3-5-7-14)19(23)21-15-8-10-16(11-9-15)25-12-17(22)24-2/h3-11,13,18H,12,20H2,1-2H3,(H,21,23). The summed E-state index contributed by atoms with van der Waals surface area (Å²) in [6, 6.07) is 15.9. The van der Waals surface area contributed by atoms with Gasteiger partial charge in [0.2, 0.25) is 5.91 Å². The molecule has 0 aromatic heterocycles. The Bertz CT molecular complexity index is 701. The molecule has 0 saturated heterocycles. The van der Waals surface area contributed by atoms with Gasteiger partial charge in [0.15, 0.2) is 6.61 Å². The van der Waals surface area contributed by atoms with Crippen LogP contribution >= 0.6 is 0 Å². The number of carbonyl (C=O) groups is 2. The zero-order chi connectivity index (χ0) is 18.2. The van der Waals surface area contributed by atoms with Crippen LogP contribution in [0.4, 0.5) is 5.69 Å². The van der Waals surface area contributed by atoms with E-state index in [0.717, 1.165) is 5.56 Å². The number of hydrogen-bond donors (Lipinski definition) is 2. The summed E-state index contributed by atoms with van der Waals surface area (Å²) in [5.74, 6) is -0.504. The highest BCUT2D eigenvalue weighted by molar-refractivity contribution is 5.92. The first-order chi connectivity index (χ1) is 12.0. The molecule has 3 N–H and O–H groups in total. The third kappa shape index (κ3) is 5.32. The Hall–Kier alpha value is -2.86. The van der Waals surface area contributed by atoms with Gasteiger partial charge in [0.25, 0.3) is 0 Å². The number of rotatable bonds is 7. The maximum absolute atomic E-state index is 12.4. The van der Waals surface area contributed by atoms with E-state index in [-0.39, 0.29) is 18.6 Å². The molecule has 0 spiro atoms. The van der Waals surface area contributed by atoms with E-state index >= 15 is 0 Å². The Morgan fingerprint density at radius 2 is 1.72 bits per heavy atom. The van der Waals surface area contributed by atoms with Crippen molar-refractivity contribution in [2.24, 2.45) is 11.7 Å². The molecule has 0 heterocycles. The minimum Gasteiger partial charge on any atom is -0.482 e. The molecule has 0 bridgehead atoms. The number of nitrogens with one attached hydrogen (secondary N) is 1. The maximum atomic E-state index is 12.4. The second kappa shape index (κ2) is 8.84. The van der Waals surface area contributed by atoms with E-state index in [4.69, 9.17) is 10.5 Å². The Morgan fingerprint density at radius 1 is 1.08 bits per heavy atom. The van der Waals surface area contributed by atoms with Crippen LogP contribution in [0, 0.1) is 5.92 Å². The van der Waals surface area contributed by atoms with Crippen molar-refractivity contribution in [3.8, 4) is 5.75 Å². The average molecular weight is 342 g/mol. The normalized spacial score (nSPS) is 12.8. The van der Waals surface area contributed by atoms with Gasteiger partial charge in [-0.3, -0.25) is 4.79 Å². The molecule has 2 rings (SSSR count). The molecule has 0 saturated carbocycles. The summed E-state index contributed by atoms with van der Waals surface area (Å²) in [4.78, 5) is 23.4. The molecule has 0 fully saturated rings. The van der Waals surface area contributed by atoms with E-state index < -0.39 is 11.9 Å². The van der Waals surface area contributed by atoms with Crippen LogP contribution in [0.3, 0.4) is 0 Å². The van der Waals surface area contributed by atoms with Crippen molar-refractivity contribution in [2.45, 2.75) is 13.0 Å². The van der Waals surface area contributed by atoms with Crippen molar-refractivity contribution >= 4 is 17.6 Å². The van der Waals surface area contributed by atoms with Crippen molar-refractivity contribution in [1.82, 2.24) is 0 Å². The lowest BCUT2D eigenvalue weighted by Crippen LogP contribution is -2.30. The third-order valence-electron chi connectivity index (χ3n) is 3.84. The van der Waals surface area contributed by atoms with Gasteiger partial charge < -0.3 is 20.5 Å². The number of benzene rings is 2. The molecule has 0 aliphatic carbocycles. The summed E-state index contributed by atoms with van der Waals surface area (Å²) >= 11 is 0. The first kappa shape index (κ1) is 18.5. The second-order valence-corrected chi connectivity index (χ2v) is 5.60. The Balaban J connectivity index is 1.92. The van der Waals surface area contributed by atoms with Gasteiger partial charge in [-0.1, -0.05) is 37.3 Å². The lowest BCUT2D eigenvalue weighted by Gasteiger charge is -2.20. The van der Waals surface area contributed by atoms with Gasteiger partial charge in [-0.2, -0.15) is 0 Å². The zero-order valence-electron chi connectivity index (χ0n) is 14.3. The molecule has 132 valence electrons. The minimum absolute atomic E-state index is 0.162. The van der Waals surface area contributed by atoms with Crippen LogP contribution in [0.25, 0.3) is 0 Å². The fourth-order valence-electron chi connectivity index (χ4n) is 2.22. The van der Waals surface area contributed by atoms with Crippen molar-refractivity contribution in [2.75, 3.05) is 19.0 Å². The van der Waals surface area contributed by atoms with Gasteiger partial charge in [-0.15, -0.1) is 0 Å². The van der Waals surface area contributed by atoms with Gasteiger partial charge >= 0.3 is 5.97 Å². The maximum Gasteiger partial charge on any atom is 0.343 e. The van der Waals surface area contributed by atoms with Crippen LogP contribution in [-0.2, 0) is 14.3 Å². The molecule has 0 radical (unpaired) electrons. The molecular formula is C19H22N2O4. The highest BCUT2D eigenvalue weighted by Gasteiger charge is 2.22. The van der Waals surface area contributed by atoms with Crippen molar-refractivity contribution < 1.29 is 19.1 Å². The molecule has 2 aromatic carbocycles. The number of carbonyl (C=O) groups excluding carboxylic acids is 2. The monoisotopic (exact) mass is 342 g/mol. The van der Waals surface area contributed by atoms with Gasteiger partial charge in [-0.25, -0.2) is 4.79 Å². The van der Waals surface area contributed by atoms with Crippen molar-refractivity contribution in [1.29, 1.82) is 0 Å². The van der Waals surface area contributed by atoms with E-state index in [0.29, 0.717) is 11.4 Å². The molecular weight excluding hydrogens is 320 g/mol. The van der Waals surface area contributed by atoms with E-state index in [9.17, 15) is 9.59 Å². The summed E-state index contributed by atoms with van der Waals surface area (Å²) < 4.78 is 9.76. The van der Waals surface area contributed by atoms with Crippen LogP contribution in [0.1, 0.15) is 18.5 Å².